The second-order valence-electron chi connectivity index (χ2n) is 4.11. The van der Waals surface area contributed by atoms with Gasteiger partial charge in [-0.1, -0.05) is 5.92 Å². The van der Waals surface area contributed by atoms with E-state index in [9.17, 15) is 13.2 Å². The molecule has 0 aromatic rings. The summed E-state index contributed by atoms with van der Waals surface area (Å²) in [5, 5.41) is 0. The highest BCUT2D eigenvalue weighted by molar-refractivity contribution is 7.98. The van der Waals surface area contributed by atoms with Crippen LogP contribution in [0, 0.1) is 17.3 Å². The van der Waals surface area contributed by atoms with Gasteiger partial charge in [0.1, 0.15) is 5.41 Å². The summed E-state index contributed by atoms with van der Waals surface area (Å²) in [5.74, 6) is 5.94. The molecule has 1 aliphatic heterocycles. The number of hydrogen-bond donors (Lipinski definition) is 0. The van der Waals surface area contributed by atoms with Crippen LogP contribution in [0.15, 0.2) is 0 Å². The number of thioether (sulfide) groups is 1. The first-order valence-corrected chi connectivity index (χ1v) is 6.55. The molecular formula is C11H16F3NS. The maximum absolute atomic E-state index is 13.0. The second-order valence-corrected chi connectivity index (χ2v) is 5.10. The van der Waals surface area contributed by atoms with E-state index < -0.39 is 11.6 Å². The van der Waals surface area contributed by atoms with Gasteiger partial charge in [-0.05, 0) is 26.3 Å². The lowest BCUT2D eigenvalue weighted by Crippen LogP contribution is -2.39. The Hall–Kier alpha value is -0.340. The summed E-state index contributed by atoms with van der Waals surface area (Å²) in [5.41, 5.74) is -1.79. The van der Waals surface area contributed by atoms with Gasteiger partial charge in [0.25, 0.3) is 0 Å². The summed E-state index contributed by atoms with van der Waals surface area (Å²) in [6.07, 6.45) is -1.67. The van der Waals surface area contributed by atoms with Crippen LogP contribution in [-0.2, 0) is 0 Å². The van der Waals surface area contributed by atoms with E-state index in [4.69, 9.17) is 0 Å². The van der Waals surface area contributed by atoms with Gasteiger partial charge in [-0.25, -0.2) is 0 Å². The van der Waals surface area contributed by atoms with Crippen LogP contribution in [-0.4, -0.2) is 43.2 Å². The molecule has 0 bridgehead atoms. The highest BCUT2D eigenvalue weighted by Crippen LogP contribution is 2.44. The number of nitrogens with zero attached hydrogens (tertiary/aromatic N) is 1. The van der Waals surface area contributed by atoms with Crippen molar-refractivity contribution in [2.24, 2.45) is 5.41 Å². The lowest BCUT2D eigenvalue weighted by atomic mass is 9.87. The summed E-state index contributed by atoms with van der Waals surface area (Å²) < 4.78 is 38.9. The monoisotopic (exact) mass is 251 g/mol. The third kappa shape index (κ3) is 3.08. The van der Waals surface area contributed by atoms with Crippen molar-refractivity contribution in [1.29, 1.82) is 0 Å². The van der Waals surface area contributed by atoms with Crippen molar-refractivity contribution in [3.05, 3.63) is 0 Å². The summed E-state index contributed by atoms with van der Waals surface area (Å²) in [6.45, 7) is 0.472. The molecule has 1 nitrogen and oxygen atoms in total. The van der Waals surface area contributed by atoms with Crippen LogP contribution in [0.2, 0.25) is 0 Å². The normalized spacial score (nSPS) is 26.6. The standard InChI is InChI=1S/C11H16F3NS/c1-15-7-6-10(9-15,11(12,13)14)5-3-4-8-16-2/h4,6-9H2,1-2H3. The third-order valence-electron chi connectivity index (χ3n) is 2.76. The fourth-order valence-electron chi connectivity index (χ4n) is 1.79. The summed E-state index contributed by atoms with van der Waals surface area (Å²) >= 11 is 1.60. The van der Waals surface area contributed by atoms with Gasteiger partial charge in [-0.3, -0.25) is 0 Å². The van der Waals surface area contributed by atoms with Crippen LogP contribution < -0.4 is 0 Å². The molecule has 0 aromatic heterocycles. The molecule has 1 heterocycles. The molecular weight excluding hydrogens is 235 g/mol. The van der Waals surface area contributed by atoms with Gasteiger partial charge in [0, 0.05) is 18.7 Å². The molecule has 1 unspecified atom stereocenters. The lowest BCUT2D eigenvalue weighted by Gasteiger charge is -2.25. The van der Waals surface area contributed by atoms with Crippen LogP contribution >= 0.6 is 11.8 Å². The number of rotatable bonds is 2. The highest BCUT2D eigenvalue weighted by Gasteiger charge is 2.56. The molecule has 1 atom stereocenters. The van der Waals surface area contributed by atoms with E-state index >= 15 is 0 Å². The van der Waals surface area contributed by atoms with Gasteiger partial charge >= 0.3 is 6.18 Å². The predicted octanol–water partition coefficient (Wildman–Crippen LogP) is 2.63. The van der Waals surface area contributed by atoms with Gasteiger partial charge in [0.05, 0.1) is 0 Å². The molecule has 0 amide bonds. The van der Waals surface area contributed by atoms with E-state index in [1.165, 1.54) is 0 Å². The van der Waals surface area contributed by atoms with Crippen LogP contribution in [0.3, 0.4) is 0 Å². The first-order valence-electron chi connectivity index (χ1n) is 5.15. The Balaban J connectivity index is 2.76. The Bertz CT molecular complexity index is 292. The zero-order valence-electron chi connectivity index (χ0n) is 9.52. The third-order valence-corrected chi connectivity index (χ3v) is 3.37. The Morgan fingerprint density at radius 3 is 2.56 bits per heavy atom. The number of alkyl halides is 3. The van der Waals surface area contributed by atoms with Crippen molar-refractivity contribution in [2.45, 2.75) is 19.0 Å². The molecule has 92 valence electrons. The Kier molecular flexibility index (Phi) is 4.57. The van der Waals surface area contributed by atoms with E-state index in [2.05, 4.69) is 11.8 Å². The summed E-state index contributed by atoms with van der Waals surface area (Å²) in [6, 6.07) is 0. The number of hydrogen-bond acceptors (Lipinski definition) is 2. The van der Waals surface area contributed by atoms with Crippen molar-refractivity contribution >= 4 is 11.8 Å². The van der Waals surface area contributed by atoms with Crippen LogP contribution in [0.5, 0.6) is 0 Å². The Morgan fingerprint density at radius 1 is 1.44 bits per heavy atom. The number of likely N-dealkylation sites (tertiary alicyclic amines) is 1. The van der Waals surface area contributed by atoms with E-state index in [-0.39, 0.29) is 13.0 Å². The minimum absolute atomic E-state index is 0.00275. The first kappa shape index (κ1) is 13.7. The van der Waals surface area contributed by atoms with E-state index in [0.29, 0.717) is 13.0 Å². The Labute approximate surface area is 98.8 Å². The average molecular weight is 251 g/mol. The van der Waals surface area contributed by atoms with Crippen molar-refractivity contribution in [1.82, 2.24) is 4.90 Å². The number of halogens is 3. The zero-order chi connectivity index (χ0) is 12.2. The van der Waals surface area contributed by atoms with Gasteiger partial charge in [0.15, 0.2) is 0 Å². The van der Waals surface area contributed by atoms with E-state index in [1.54, 1.807) is 23.7 Å². The maximum atomic E-state index is 13.0. The van der Waals surface area contributed by atoms with E-state index in [1.807, 2.05) is 6.26 Å². The van der Waals surface area contributed by atoms with Gasteiger partial charge in [0.2, 0.25) is 0 Å². The van der Waals surface area contributed by atoms with Crippen molar-refractivity contribution in [2.75, 3.05) is 32.1 Å². The molecule has 5 heteroatoms. The molecule has 0 saturated carbocycles. The SMILES string of the molecule is CSCCC#CC1(C(F)(F)F)CCN(C)C1. The van der Waals surface area contributed by atoms with Gasteiger partial charge in [-0.15, -0.1) is 5.92 Å². The summed E-state index contributed by atoms with van der Waals surface area (Å²) in [4.78, 5) is 1.69. The van der Waals surface area contributed by atoms with Gasteiger partial charge < -0.3 is 4.90 Å². The molecule has 0 radical (unpaired) electrons. The van der Waals surface area contributed by atoms with Crippen LogP contribution in [0.1, 0.15) is 12.8 Å². The van der Waals surface area contributed by atoms with Crippen molar-refractivity contribution in [3.8, 4) is 11.8 Å². The molecule has 0 N–H and O–H groups in total. The summed E-state index contributed by atoms with van der Waals surface area (Å²) in [7, 11) is 1.71. The minimum atomic E-state index is -4.22. The topological polar surface area (TPSA) is 3.24 Å². The predicted molar refractivity (Wildman–Crippen MR) is 61.4 cm³/mol. The van der Waals surface area contributed by atoms with Crippen molar-refractivity contribution < 1.29 is 13.2 Å². The molecule has 16 heavy (non-hydrogen) atoms. The molecule has 0 spiro atoms. The minimum Gasteiger partial charge on any atom is -0.304 e. The fourth-order valence-corrected chi connectivity index (χ4v) is 2.10. The van der Waals surface area contributed by atoms with Crippen LogP contribution in [0.4, 0.5) is 13.2 Å². The quantitative estimate of drug-likeness (QED) is 0.548. The smallest absolute Gasteiger partial charge is 0.304 e. The van der Waals surface area contributed by atoms with Crippen LogP contribution in [0.25, 0.3) is 0 Å². The molecule has 0 aromatic carbocycles. The molecule has 1 saturated heterocycles. The van der Waals surface area contributed by atoms with Gasteiger partial charge in [-0.2, -0.15) is 24.9 Å². The first-order chi connectivity index (χ1) is 7.41. The highest BCUT2D eigenvalue weighted by atomic mass is 32.2. The molecule has 1 fully saturated rings. The molecule has 1 rings (SSSR count). The lowest BCUT2D eigenvalue weighted by molar-refractivity contribution is -0.197. The second kappa shape index (κ2) is 5.33. The maximum Gasteiger partial charge on any atom is 0.406 e. The van der Waals surface area contributed by atoms with E-state index in [0.717, 1.165) is 5.75 Å². The Morgan fingerprint density at radius 2 is 2.12 bits per heavy atom. The van der Waals surface area contributed by atoms with Crippen molar-refractivity contribution in [3.63, 3.8) is 0 Å². The largest absolute Gasteiger partial charge is 0.406 e. The molecule has 1 aliphatic rings. The zero-order valence-corrected chi connectivity index (χ0v) is 10.3. The molecule has 0 aliphatic carbocycles. The average Bonchev–Trinajstić information content (AvgIpc) is 2.55. The fraction of sp³-hybridized carbons (Fsp3) is 0.818.